The van der Waals surface area contributed by atoms with Gasteiger partial charge < -0.3 is 18.6 Å². The van der Waals surface area contributed by atoms with Crippen LogP contribution in [-0.4, -0.2) is 6.79 Å². The summed E-state index contributed by atoms with van der Waals surface area (Å²) < 4.78 is 64.2. The molecule has 9 heteroatoms. The van der Waals surface area contributed by atoms with Crippen molar-refractivity contribution in [3.8, 4) is 22.6 Å². The molecular weight excluding hydrogens is 517 g/mol. The highest BCUT2D eigenvalue weighted by atomic mass is 79.9. The lowest BCUT2D eigenvalue weighted by Gasteiger charge is -2.21. The Morgan fingerprint density at radius 2 is 1.82 bits per heavy atom. The molecule has 1 aromatic heterocycles. The first-order valence-electron chi connectivity index (χ1n) is 10.2. The van der Waals surface area contributed by atoms with Crippen molar-refractivity contribution in [2.45, 2.75) is 19.4 Å². The zero-order valence-corrected chi connectivity index (χ0v) is 19.0. The van der Waals surface area contributed by atoms with E-state index in [1.807, 2.05) is 12.1 Å². The van der Waals surface area contributed by atoms with Crippen molar-refractivity contribution in [1.82, 2.24) is 0 Å². The third-order valence-electron chi connectivity index (χ3n) is 5.33. The van der Waals surface area contributed by atoms with E-state index in [-0.39, 0.29) is 35.7 Å². The summed E-state index contributed by atoms with van der Waals surface area (Å²) >= 11 is 3.44. The topological polar surface area (TPSA) is 57.9 Å². The van der Waals surface area contributed by atoms with Gasteiger partial charge in [-0.3, -0.25) is 4.79 Å². The van der Waals surface area contributed by atoms with Crippen LogP contribution in [0, 0.1) is 0 Å². The molecule has 34 heavy (non-hydrogen) atoms. The lowest BCUT2D eigenvalue weighted by molar-refractivity contribution is -0.152. The van der Waals surface area contributed by atoms with Gasteiger partial charge in [0, 0.05) is 21.7 Å². The molecule has 0 saturated carbocycles. The molecule has 0 N–H and O–H groups in total. The summed E-state index contributed by atoms with van der Waals surface area (Å²) in [6, 6.07) is 15.6. The van der Waals surface area contributed by atoms with Crippen LogP contribution < -0.4 is 14.9 Å². The Labute approximate surface area is 199 Å². The van der Waals surface area contributed by atoms with Crippen molar-refractivity contribution in [2.24, 2.45) is 0 Å². The molecule has 3 aromatic carbocycles. The summed E-state index contributed by atoms with van der Waals surface area (Å²) in [4.78, 5) is 13.1. The van der Waals surface area contributed by atoms with Crippen LogP contribution in [0.15, 0.2) is 74.3 Å². The standard InChI is InChI=1S/C25H16BrF3O5/c26-17-8-15-11-31-13-33-23(15)16(9-17)12-32-18-6-7-19-20(10-18)34-24(25(27,28)29)21(22(19)30)14-4-2-1-3-5-14/h1-10H,11-13H2. The fraction of sp³-hybridized carbons (Fsp3) is 0.160. The Kier molecular flexibility index (Phi) is 5.83. The zero-order valence-electron chi connectivity index (χ0n) is 17.4. The molecule has 4 aromatic rings. The monoisotopic (exact) mass is 532 g/mol. The molecule has 5 nitrogen and oxygen atoms in total. The van der Waals surface area contributed by atoms with Crippen LogP contribution in [0.2, 0.25) is 0 Å². The number of benzene rings is 3. The summed E-state index contributed by atoms with van der Waals surface area (Å²) in [7, 11) is 0. The lowest BCUT2D eigenvalue weighted by atomic mass is 10.0. The number of hydrogen-bond donors (Lipinski definition) is 0. The Balaban J connectivity index is 1.53. The molecule has 0 atom stereocenters. The van der Waals surface area contributed by atoms with Gasteiger partial charge in [-0.05, 0) is 29.8 Å². The molecule has 0 bridgehead atoms. The summed E-state index contributed by atoms with van der Waals surface area (Å²) in [5.74, 6) is -0.450. The minimum Gasteiger partial charge on any atom is -0.489 e. The number of ether oxygens (including phenoxy) is 3. The molecular formula is C25H16BrF3O5. The molecule has 0 amide bonds. The van der Waals surface area contributed by atoms with Crippen LogP contribution in [0.5, 0.6) is 11.5 Å². The quantitative estimate of drug-likeness (QED) is 0.293. The van der Waals surface area contributed by atoms with E-state index in [4.69, 9.17) is 18.6 Å². The predicted octanol–water partition coefficient (Wildman–Crippen LogP) is 6.69. The molecule has 0 aliphatic carbocycles. The maximum absolute atomic E-state index is 13.8. The van der Waals surface area contributed by atoms with Gasteiger partial charge in [-0.15, -0.1) is 0 Å². The van der Waals surface area contributed by atoms with E-state index in [9.17, 15) is 18.0 Å². The maximum atomic E-state index is 13.8. The predicted molar refractivity (Wildman–Crippen MR) is 122 cm³/mol. The first-order chi connectivity index (χ1) is 16.3. The summed E-state index contributed by atoms with van der Waals surface area (Å²) in [5.41, 5.74) is 0.233. The van der Waals surface area contributed by atoms with Crippen molar-refractivity contribution in [2.75, 3.05) is 6.79 Å². The van der Waals surface area contributed by atoms with Crippen LogP contribution in [0.4, 0.5) is 13.2 Å². The van der Waals surface area contributed by atoms with Crippen LogP contribution in [0.1, 0.15) is 16.9 Å². The summed E-state index contributed by atoms with van der Waals surface area (Å²) in [6.07, 6.45) is -4.86. The Bertz CT molecular complexity index is 1430. The third-order valence-corrected chi connectivity index (χ3v) is 5.79. The average Bonchev–Trinajstić information content (AvgIpc) is 2.82. The highest BCUT2D eigenvalue weighted by Gasteiger charge is 2.39. The van der Waals surface area contributed by atoms with Gasteiger partial charge in [0.1, 0.15) is 23.7 Å². The van der Waals surface area contributed by atoms with Crippen molar-refractivity contribution < 1.29 is 31.8 Å². The molecule has 0 spiro atoms. The fourth-order valence-corrected chi connectivity index (χ4v) is 4.41. The second-order valence-electron chi connectivity index (χ2n) is 7.61. The van der Waals surface area contributed by atoms with Crippen LogP contribution in [0.3, 0.4) is 0 Å². The van der Waals surface area contributed by atoms with Crippen molar-refractivity contribution in [3.05, 3.63) is 92.2 Å². The van der Waals surface area contributed by atoms with Gasteiger partial charge in [-0.25, -0.2) is 0 Å². The van der Waals surface area contributed by atoms with Gasteiger partial charge in [0.15, 0.2) is 6.79 Å². The van der Waals surface area contributed by atoms with E-state index in [1.165, 1.54) is 30.3 Å². The highest BCUT2D eigenvalue weighted by Crippen LogP contribution is 2.38. The number of halogens is 4. The minimum absolute atomic E-state index is 0.0273. The van der Waals surface area contributed by atoms with Crippen molar-refractivity contribution >= 4 is 26.9 Å². The second kappa shape index (κ2) is 8.81. The van der Waals surface area contributed by atoms with E-state index in [0.717, 1.165) is 15.6 Å². The number of hydrogen-bond acceptors (Lipinski definition) is 5. The zero-order chi connectivity index (χ0) is 23.9. The van der Waals surface area contributed by atoms with Crippen LogP contribution >= 0.6 is 15.9 Å². The summed E-state index contributed by atoms with van der Waals surface area (Å²) in [5, 5.41) is 0.0273. The number of fused-ring (bicyclic) bond motifs is 2. The number of rotatable bonds is 4. The molecule has 1 aliphatic heterocycles. The van der Waals surface area contributed by atoms with Gasteiger partial charge in [-0.1, -0.05) is 46.3 Å². The first kappa shape index (κ1) is 22.5. The average molecular weight is 533 g/mol. The molecule has 174 valence electrons. The molecule has 2 heterocycles. The summed E-state index contributed by atoms with van der Waals surface area (Å²) in [6.45, 7) is 0.603. The van der Waals surface area contributed by atoms with Gasteiger partial charge in [0.25, 0.3) is 0 Å². The fourth-order valence-electron chi connectivity index (χ4n) is 3.85. The third kappa shape index (κ3) is 4.28. The van der Waals surface area contributed by atoms with Crippen LogP contribution in [-0.2, 0) is 24.1 Å². The Morgan fingerprint density at radius 3 is 2.59 bits per heavy atom. The van der Waals surface area contributed by atoms with Gasteiger partial charge in [-0.2, -0.15) is 13.2 Å². The lowest BCUT2D eigenvalue weighted by Crippen LogP contribution is -2.16. The number of alkyl halides is 3. The van der Waals surface area contributed by atoms with Crippen molar-refractivity contribution in [1.29, 1.82) is 0 Å². The maximum Gasteiger partial charge on any atom is 0.450 e. The van der Waals surface area contributed by atoms with Crippen molar-refractivity contribution in [3.63, 3.8) is 0 Å². The largest absolute Gasteiger partial charge is 0.489 e. The molecule has 0 fully saturated rings. The van der Waals surface area contributed by atoms with E-state index in [1.54, 1.807) is 18.2 Å². The normalized spacial score (nSPS) is 13.4. The van der Waals surface area contributed by atoms with Crippen LogP contribution in [0.25, 0.3) is 22.1 Å². The molecule has 0 unspecified atom stereocenters. The molecule has 0 radical (unpaired) electrons. The van der Waals surface area contributed by atoms with Gasteiger partial charge in [0.05, 0.1) is 17.6 Å². The van der Waals surface area contributed by atoms with E-state index in [2.05, 4.69) is 15.9 Å². The Hall–Kier alpha value is -3.30. The first-order valence-corrected chi connectivity index (χ1v) is 11.0. The smallest absolute Gasteiger partial charge is 0.450 e. The molecule has 1 aliphatic rings. The van der Waals surface area contributed by atoms with Gasteiger partial charge in [0.2, 0.25) is 11.2 Å². The molecule has 0 saturated heterocycles. The van der Waals surface area contributed by atoms with E-state index >= 15 is 0 Å². The van der Waals surface area contributed by atoms with E-state index in [0.29, 0.717) is 12.4 Å². The SMILES string of the molecule is O=c1c(-c2ccccc2)c(C(F)(F)F)oc2cc(OCc3cc(Br)cc4c3OCOC4)ccc12. The van der Waals surface area contributed by atoms with E-state index < -0.39 is 22.9 Å². The molecule has 5 rings (SSSR count). The second-order valence-corrected chi connectivity index (χ2v) is 8.53. The minimum atomic E-state index is -4.86. The highest BCUT2D eigenvalue weighted by molar-refractivity contribution is 9.10. The van der Waals surface area contributed by atoms with Gasteiger partial charge >= 0.3 is 6.18 Å². The Morgan fingerprint density at radius 1 is 1.03 bits per heavy atom.